The summed E-state index contributed by atoms with van der Waals surface area (Å²) in [6.07, 6.45) is 5.33. The Bertz CT molecular complexity index is 251. The topological polar surface area (TPSA) is 58.6 Å². The summed E-state index contributed by atoms with van der Waals surface area (Å²) in [4.78, 5) is 11.7. The van der Waals surface area contributed by atoms with E-state index in [1.807, 2.05) is 0 Å². The summed E-state index contributed by atoms with van der Waals surface area (Å²) in [5.41, 5.74) is -0.509. The van der Waals surface area contributed by atoms with Gasteiger partial charge in [0.25, 0.3) is 0 Å². The van der Waals surface area contributed by atoms with E-state index in [2.05, 4.69) is 5.32 Å². The lowest BCUT2D eigenvalue weighted by molar-refractivity contribution is -0.135. The summed E-state index contributed by atoms with van der Waals surface area (Å²) in [5.74, 6) is 0.0168. The van der Waals surface area contributed by atoms with E-state index >= 15 is 0 Å². The Balaban J connectivity index is 1.82. The van der Waals surface area contributed by atoms with Crippen molar-refractivity contribution in [2.45, 2.75) is 49.7 Å². The minimum Gasteiger partial charge on any atom is -0.394 e. The van der Waals surface area contributed by atoms with Gasteiger partial charge in [0, 0.05) is 7.11 Å². The van der Waals surface area contributed by atoms with Crippen molar-refractivity contribution in [3.63, 3.8) is 0 Å². The number of aliphatic hydroxyl groups is 1. The van der Waals surface area contributed by atoms with Gasteiger partial charge in [-0.25, -0.2) is 0 Å². The molecule has 15 heavy (non-hydrogen) atoms. The average Bonchev–Trinajstić information content (AvgIpc) is 2.92. The second kappa shape index (κ2) is 3.76. The van der Waals surface area contributed by atoms with E-state index in [1.165, 1.54) is 0 Å². The van der Waals surface area contributed by atoms with Crippen LogP contribution in [0, 0.1) is 0 Å². The van der Waals surface area contributed by atoms with Gasteiger partial charge in [0.2, 0.25) is 5.91 Å². The molecular weight excluding hydrogens is 194 g/mol. The maximum atomic E-state index is 11.7. The Morgan fingerprint density at radius 3 is 2.40 bits per heavy atom. The fourth-order valence-electron chi connectivity index (χ4n) is 2.13. The zero-order valence-electron chi connectivity index (χ0n) is 9.21. The number of rotatable bonds is 5. The number of hydrogen-bond donors (Lipinski definition) is 2. The molecule has 2 fully saturated rings. The third kappa shape index (κ3) is 2.16. The summed E-state index contributed by atoms with van der Waals surface area (Å²) >= 11 is 0. The normalized spacial score (nSPS) is 25.5. The summed E-state index contributed by atoms with van der Waals surface area (Å²) in [6.45, 7) is 0.0543. The van der Waals surface area contributed by atoms with Crippen LogP contribution in [0.15, 0.2) is 0 Å². The Hall–Kier alpha value is -0.610. The minimum atomic E-state index is -0.296. The highest BCUT2D eigenvalue weighted by atomic mass is 16.5. The Morgan fingerprint density at radius 1 is 1.40 bits per heavy atom. The van der Waals surface area contributed by atoms with Gasteiger partial charge in [-0.3, -0.25) is 4.79 Å². The summed E-state index contributed by atoms with van der Waals surface area (Å²) < 4.78 is 5.39. The van der Waals surface area contributed by atoms with Crippen LogP contribution in [-0.2, 0) is 9.53 Å². The van der Waals surface area contributed by atoms with Gasteiger partial charge in [0.05, 0.1) is 24.2 Å². The first kappa shape index (κ1) is 10.9. The zero-order valence-corrected chi connectivity index (χ0v) is 9.21. The molecule has 2 N–H and O–H groups in total. The van der Waals surface area contributed by atoms with E-state index in [1.54, 1.807) is 7.11 Å². The number of methoxy groups -OCH3 is 1. The average molecular weight is 213 g/mol. The van der Waals surface area contributed by atoms with Gasteiger partial charge >= 0.3 is 0 Å². The van der Waals surface area contributed by atoms with Crippen LogP contribution in [0.2, 0.25) is 0 Å². The molecule has 0 aliphatic heterocycles. The third-order valence-corrected chi connectivity index (χ3v) is 3.74. The molecule has 0 aromatic carbocycles. The van der Waals surface area contributed by atoms with Crippen LogP contribution in [0.3, 0.4) is 0 Å². The molecule has 0 radical (unpaired) electrons. The largest absolute Gasteiger partial charge is 0.394 e. The smallest absolute Gasteiger partial charge is 0.223 e. The number of carbonyl (C=O) groups is 1. The van der Waals surface area contributed by atoms with E-state index in [4.69, 9.17) is 9.84 Å². The van der Waals surface area contributed by atoms with Gasteiger partial charge in [-0.1, -0.05) is 0 Å². The van der Waals surface area contributed by atoms with Crippen LogP contribution >= 0.6 is 0 Å². The molecule has 0 heterocycles. The molecule has 4 nitrogen and oxygen atoms in total. The van der Waals surface area contributed by atoms with E-state index in [-0.39, 0.29) is 23.7 Å². The number of amides is 1. The lowest BCUT2D eigenvalue weighted by Gasteiger charge is -2.40. The van der Waals surface area contributed by atoms with Crippen LogP contribution in [-0.4, -0.2) is 35.9 Å². The first-order valence-electron chi connectivity index (χ1n) is 5.61. The quantitative estimate of drug-likeness (QED) is 0.702. The van der Waals surface area contributed by atoms with Gasteiger partial charge in [-0.2, -0.15) is 0 Å². The SMILES string of the molecule is COC1(CC(=O)NC2(CO)CC2)CCC1. The molecule has 1 amide bonds. The van der Waals surface area contributed by atoms with E-state index in [0.717, 1.165) is 32.1 Å². The zero-order chi connectivity index (χ0) is 10.9. The number of hydrogen-bond acceptors (Lipinski definition) is 3. The lowest BCUT2D eigenvalue weighted by atomic mass is 9.77. The fraction of sp³-hybridized carbons (Fsp3) is 0.909. The molecular formula is C11H19NO3. The van der Waals surface area contributed by atoms with Crippen molar-refractivity contribution in [2.24, 2.45) is 0 Å². The summed E-state index contributed by atoms with van der Waals surface area (Å²) in [6, 6.07) is 0. The molecule has 2 rings (SSSR count). The molecule has 2 aliphatic rings. The maximum Gasteiger partial charge on any atom is 0.223 e. The van der Waals surface area contributed by atoms with Gasteiger partial charge in [0.15, 0.2) is 0 Å². The first-order chi connectivity index (χ1) is 7.14. The van der Waals surface area contributed by atoms with Crippen LogP contribution in [0.1, 0.15) is 38.5 Å². The number of carbonyl (C=O) groups excluding carboxylic acids is 1. The Morgan fingerprint density at radius 2 is 2.07 bits per heavy atom. The van der Waals surface area contributed by atoms with E-state index < -0.39 is 0 Å². The van der Waals surface area contributed by atoms with E-state index in [0.29, 0.717) is 6.42 Å². The molecule has 0 saturated heterocycles. The van der Waals surface area contributed by atoms with Crippen molar-refractivity contribution in [3.8, 4) is 0 Å². The van der Waals surface area contributed by atoms with Crippen LogP contribution in [0.25, 0.3) is 0 Å². The number of ether oxygens (including phenoxy) is 1. The van der Waals surface area contributed by atoms with Gasteiger partial charge in [0.1, 0.15) is 0 Å². The summed E-state index contributed by atoms with van der Waals surface area (Å²) in [5, 5.41) is 12.0. The number of aliphatic hydroxyl groups excluding tert-OH is 1. The van der Waals surface area contributed by atoms with Crippen molar-refractivity contribution in [1.82, 2.24) is 5.32 Å². The second-order valence-electron chi connectivity index (χ2n) is 4.90. The highest BCUT2D eigenvalue weighted by Gasteiger charge is 2.45. The highest BCUT2D eigenvalue weighted by molar-refractivity contribution is 5.78. The predicted molar refractivity (Wildman–Crippen MR) is 55.4 cm³/mol. The van der Waals surface area contributed by atoms with Crippen LogP contribution in [0.4, 0.5) is 0 Å². The molecule has 0 aromatic heterocycles. The molecule has 2 aliphatic carbocycles. The van der Waals surface area contributed by atoms with Crippen molar-refractivity contribution in [3.05, 3.63) is 0 Å². The van der Waals surface area contributed by atoms with Gasteiger partial charge < -0.3 is 15.2 Å². The molecule has 86 valence electrons. The molecule has 2 saturated carbocycles. The third-order valence-electron chi connectivity index (χ3n) is 3.74. The van der Waals surface area contributed by atoms with Crippen molar-refractivity contribution < 1.29 is 14.6 Å². The first-order valence-corrected chi connectivity index (χ1v) is 5.61. The monoisotopic (exact) mass is 213 g/mol. The summed E-state index contributed by atoms with van der Waals surface area (Å²) in [7, 11) is 1.67. The van der Waals surface area contributed by atoms with E-state index in [9.17, 15) is 4.79 Å². The number of nitrogens with one attached hydrogen (secondary N) is 1. The molecule has 0 spiro atoms. The van der Waals surface area contributed by atoms with Gasteiger partial charge in [-0.05, 0) is 32.1 Å². The van der Waals surface area contributed by atoms with Gasteiger partial charge in [-0.15, -0.1) is 0 Å². The van der Waals surface area contributed by atoms with Crippen molar-refractivity contribution in [1.29, 1.82) is 0 Å². The van der Waals surface area contributed by atoms with Crippen molar-refractivity contribution >= 4 is 5.91 Å². The standard InChI is InChI=1S/C11H19NO3/c1-15-11(3-2-4-11)7-9(14)12-10(8-13)5-6-10/h13H,2-8H2,1H3,(H,12,14). The minimum absolute atomic E-state index is 0.0168. The fourth-order valence-corrected chi connectivity index (χ4v) is 2.13. The van der Waals surface area contributed by atoms with Crippen LogP contribution < -0.4 is 5.32 Å². The predicted octanol–water partition coefficient (Wildman–Crippen LogP) is 0.587. The van der Waals surface area contributed by atoms with Crippen LogP contribution in [0.5, 0.6) is 0 Å². The molecule has 0 bridgehead atoms. The van der Waals surface area contributed by atoms with Crippen molar-refractivity contribution in [2.75, 3.05) is 13.7 Å². The lowest BCUT2D eigenvalue weighted by Crippen LogP contribution is -2.47. The second-order valence-corrected chi connectivity index (χ2v) is 4.90. The highest BCUT2D eigenvalue weighted by Crippen LogP contribution is 2.39. The maximum absolute atomic E-state index is 11.7. The molecule has 0 atom stereocenters. The Kier molecular flexibility index (Phi) is 2.73. The molecule has 0 aromatic rings. The Labute approximate surface area is 90.0 Å². The molecule has 4 heteroatoms. The molecule has 0 unspecified atom stereocenters.